The van der Waals surface area contributed by atoms with Crippen LogP contribution in [0.5, 0.6) is 0 Å². The molecule has 7 heteroatoms. The molecule has 2 N–H and O–H groups in total. The van der Waals surface area contributed by atoms with Crippen molar-refractivity contribution >= 4 is 23.6 Å². The van der Waals surface area contributed by atoms with Crippen molar-refractivity contribution in [2.75, 3.05) is 5.75 Å². The summed E-state index contributed by atoms with van der Waals surface area (Å²) in [7, 11) is 0. The first-order chi connectivity index (χ1) is 9.45. The van der Waals surface area contributed by atoms with Crippen molar-refractivity contribution in [2.45, 2.75) is 37.9 Å². The van der Waals surface area contributed by atoms with Gasteiger partial charge in [-0.25, -0.2) is 14.8 Å². The van der Waals surface area contributed by atoms with Gasteiger partial charge in [-0.3, -0.25) is 4.79 Å². The van der Waals surface area contributed by atoms with E-state index in [0.29, 0.717) is 5.16 Å². The maximum Gasteiger partial charge on any atom is 0.326 e. The number of nitrogens with one attached hydrogen (secondary N) is 1. The molecule has 20 heavy (non-hydrogen) atoms. The lowest BCUT2D eigenvalue weighted by Gasteiger charge is -2.13. The van der Waals surface area contributed by atoms with Gasteiger partial charge in [0, 0.05) is 11.4 Å². The van der Waals surface area contributed by atoms with Crippen molar-refractivity contribution in [2.24, 2.45) is 5.92 Å². The summed E-state index contributed by atoms with van der Waals surface area (Å²) in [5.41, 5.74) is 1.70. The standard InChI is InChI=1S/C13H17N3O3S/c1-7-5-8(2)15-13(14-7)20-6-10(17)16-11(12(18)19)9-3-4-9/h5,9,11H,3-4,6H2,1-2H3,(H,16,17)(H,18,19). The van der Waals surface area contributed by atoms with Crippen molar-refractivity contribution < 1.29 is 14.7 Å². The third kappa shape index (κ3) is 4.19. The number of carbonyl (C=O) groups excluding carboxylic acids is 1. The zero-order valence-corrected chi connectivity index (χ0v) is 12.2. The van der Waals surface area contributed by atoms with Gasteiger partial charge >= 0.3 is 5.97 Å². The number of amides is 1. The Morgan fingerprint density at radius 1 is 1.40 bits per heavy atom. The molecule has 1 saturated carbocycles. The van der Waals surface area contributed by atoms with Crippen LogP contribution in [0.25, 0.3) is 0 Å². The number of hydrogen-bond acceptors (Lipinski definition) is 5. The molecule has 0 saturated heterocycles. The zero-order valence-electron chi connectivity index (χ0n) is 11.4. The number of carbonyl (C=O) groups is 2. The van der Waals surface area contributed by atoms with Gasteiger partial charge in [0.15, 0.2) is 5.16 Å². The van der Waals surface area contributed by atoms with Crippen molar-refractivity contribution in [3.63, 3.8) is 0 Å². The normalized spacial score (nSPS) is 15.7. The van der Waals surface area contributed by atoms with Gasteiger partial charge in [0.05, 0.1) is 5.75 Å². The largest absolute Gasteiger partial charge is 0.480 e. The van der Waals surface area contributed by atoms with Crippen LogP contribution >= 0.6 is 11.8 Å². The number of carboxylic acids is 1. The molecule has 1 aliphatic rings. The second-order valence-electron chi connectivity index (χ2n) is 4.94. The third-order valence-electron chi connectivity index (χ3n) is 2.97. The molecule has 1 aromatic heterocycles. The molecule has 0 bridgehead atoms. The van der Waals surface area contributed by atoms with Gasteiger partial charge in [-0.05, 0) is 38.7 Å². The molecule has 2 rings (SSSR count). The summed E-state index contributed by atoms with van der Waals surface area (Å²) in [4.78, 5) is 31.3. The summed E-state index contributed by atoms with van der Waals surface area (Å²) in [6.07, 6.45) is 1.73. The summed E-state index contributed by atoms with van der Waals surface area (Å²) in [6, 6.07) is 1.10. The fourth-order valence-corrected chi connectivity index (χ4v) is 2.67. The number of nitrogens with zero attached hydrogens (tertiary/aromatic N) is 2. The monoisotopic (exact) mass is 295 g/mol. The molecular formula is C13H17N3O3S. The second kappa shape index (κ2) is 6.21. The van der Waals surface area contributed by atoms with E-state index in [4.69, 9.17) is 5.11 Å². The Bertz CT molecular complexity index is 511. The Balaban J connectivity index is 1.86. The Kier molecular flexibility index (Phi) is 4.59. The van der Waals surface area contributed by atoms with Crippen LogP contribution in [-0.2, 0) is 9.59 Å². The maximum atomic E-state index is 11.8. The van der Waals surface area contributed by atoms with Crippen LogP contribution in [0.15, 0.2) is 11.2 Å². The van der Waals surface area contributed by atoms with Crippen LogP contribution in [0.4, 0.5) is 0 Å². The number of aliphatic carboxylic acids is 1. The van der Waals surface area contributed by atoms with Crippen molar-refractivity contribution in [1.82, 2.24) is 15.3 Å². The van der Waals surface area contributed by atoms with E-state index in [1.165, 1.54) is 11.8 Å². The Labute approximate surface area is 121 Å². The van der Waals surface area contributed by atoms with E-state index in [1.807, 2.05) is 19.9 Å². The number of aryl methyl sites for hydroxylation is 2. The first kappa shape index (κ1) is 14.8. The minimum absolute atomic E-state index is 0.0823. The average molecular weight is 295 g/mol. The zero-order chi connectivity index (χ0) is 14.7. The molecule has 0 aromatic carbocycles. The Morgan fingerprint density at radius 3 is 2.50 bits per heavy atom. The first-order valence-corrected chi connectivity index (χ1v) is 7.41. The summed E-state index contributed by atoms with van der Waals surface area (Å²) in [5, 5.41) is 12.1. The highest BCUT2D eigenvalue weighted by Gasteiger charge is 2.37. The van der Waals surface area contributed by atoms with E-state index >= 15 is 0 Å². The van der Waals surface area contributed by atoms with Crippen LogP contribution in [0, 0.1) is 19.8 Å². The van der Waals surface area contributed by atoms with Gasteiger partial charge in [-0.1, -0.05) is 11.8 Å². The van der Waals surface area contributed by atoms with Crippen LogP contribution in [0.1, 0.15) is 24.2 Å². The highest BCUT2D eigenvalue weighted by atomic mass is 32.2. The van der Waals surface area contributed by atoms with Crippen LogP contribution in [0.3, 0.4) is 0 Å². The van der Waals surface area contributed by atoms with Crippen LogP contribution < -0.4 is 5.32 Å². The Morgan fingerprint density at radius 2 is 2.00 bits per heavy atom. The summed E-state index contributed by atoms with van der Waals surface area (Å²) in [5.74, 6) is -1.05. The van der Waals surface area contributed by atoms with Gasteiger partial charge in [-0.2, -0.15) is 0 Å². The number of thioether (sulfide) groups is 1. The van der Waals surface area contributed by atoms with E-state index < -0.39 is 12.0 Å². The van der Waals surface area contributed by atoms with Crippen molar-refractivity contribution in [3.8, 4) is 0 Å². The predicted octanol–water partition coefficient (Wildman–Crippen LogP) is 1.16. The highest BCUT2D eigenvalue weighted by Crippen LogP contribution is 2.32. The van der Waals surface area contributed by atoms with Gasteiger partial charge in [0.2, 0.25) is 5.91 Å². The lowest BCUT2D eigenvalue weighted by Crippen LogP contribution is -2.43. The van der Waals surface area contributed by atoms with Gasteiger partial charge in [-0.15, -0.1) is 0 Å². The fourth-order valence-electron chi connectivity index (χ4n) is 1.91. The van der Waals surface area contributed by atoms with Crippen molar-refractivity contribution in [1.29, 1.82) is 0 Å². The quantitative estimate of drug-likeness (QED) is 0.604. The average Bonchev–Trinajstić information content (AvgIpc) is 3.16. The Hall–Kier alpha value is -1.63. The third-order valence-corrected chi connectivity index (χ3v) is 3.82. The molecule has 1 heterocycles. The van der Waals surface area contributed by atoms with Crippen LogP contribution in [-0.4, -0.2) is 38.7 Å². The van der Waals surface area contributed by atoms with Gasteiger partial charge < -0.3 is 10.4 Å². The molecule has 108 valence electrons. The number of hydrogen-bond donors (Lipinski definition) is 2. The molecule has 1 atom stereocenters. The molecule has 0 spiro atoms. The molecule has 6 nitrogen and oxygen atoms in total. The number of rotatable bonds is 6. The number of carboxylic acid groups (broad SMARTS) is 1. The second-order valence-corrected chi connectivity index (χ2v) is 5.89. The predicted molar refractivity (Wildman–Crippen MR) is 74.5 cm³/mol. The first-order valence-electron chi connectivity index (χ1n) is 6.43. The van der Waals surface area contributed by atoms with E-state index in [0.717, 1.165) is 24.2 Å². The lowest BCUT2D eigenvalue weighted by atomic mass is 10.2. The fraction of sp³-hybridized carbons (Fsp3) is 0.538. The van der Waals surface area contributed by atoms with Crippen molar-refractivity contribution in [3.05, 3.63) is 17.5 Å². The smallest absolute Gasteiger partial charge is 0.326 e. The van der Waals surface area contributed by atoms with E-state index in [9.17, 15) is 9.59 Å². The molecule has 1 amide bonds. The van der Waals surface area contributed by atoms with Gasteiger partial charge in [0.25, 0.3) is 0 Å². The number of aromatic nitrogens is 2. The molecular weight excluding hydrogens is 278 g/mol. The maximum absolute atomic E-state index is 11.8. The molecule has 1 aliphatic carbocycles. The molecule has 1 fully saturated rings. The molecule has 0 radical (unpaired) electrons. The lowest BCUT2D eigenvalue weighted by molar-refractivity contribution is -0.142. The summed E-state index contributed by atoms with van der Waals surface area (Å²) >= 11 is 1.22. The van der Waals surface area contributed by atoms with Gasteiger partial charge in [0.1, 0.15) is 6.04 Å². The topological polar surface area (TPSA) is 92.2 Å². The summed E-state index contributed by atoms with van der Waals surface area (Å²) < 4.78 is 0. The SMILES string of the molecule is Cc1cc(C)nc(SCC(=O)NC(C(=O)O)C2CC2)n1. The van der Waals surface area contributed by atoms with E-state index in [2.05, 4.69) is 15.3 Å². The molecule has 1 aromatic rings. The van der Waals surface area contributed by atoms with E-state index in [1.54, 1.807) is 0 Å². The minimum atomic E-state index is -0.964. The molecule has 1 unspecified atom stereocenters. The minimum Gasteiger partial charge on any atom is -0.480 e. The summed E-state index contributed by atoms with van der Waals surface area (Å²) in [6.45, 7) is 3.73. The highest BCUT2D eigenvalue weighted by molar-refractivity contribution is 7.99. The van der Waals surface area contributed by atoms with Crippen LogP contribution in [0.2, 0.25) is 0 Å². The van der Waals surface area contributed by atoms with E-state index in [-0.39, 0.29) is 17.6 Å². The molecule has 0 aliphatic heterocycles.